The molecular weight excluding hydrogens is 204 g/mol. The molecule has 2 unspecified atom stereocenters. The maximum Gasteiger partial charge on any atom is 0.226 e. The molecule has 0 aromatic rings. The Balaban J connectivity index is 2.40. The molecule has 1 aliphatic rings. The lowest BCUT2D eigenvalue weighted by Crippen LogP contribution is -2.45. The van der Waals surface area contributed by atoms with Gasteiger partial charge in [0, 0.05) is 32.2 Å². The first kappa shape index (κ1) is 13.5. The summed E-state index contributed by atoms with van der Waals surface area (Å²) in [5.74, 6) is 0.542. The van der Waals surface area contributed by atoms with Gasteiger partial charge in [0.05, 0.1) is 0 Å². The Hall–Kier alpha value is -0.610. The molecule has 0 aliphatic carbocycles. The standard InChI is InChI=1S/C12H24N2O2/c1-3-13-7-10(2)12(16)14-6-4-5-11(8-14)9-15/h10-11,13,15H,3-9H2,1-2H3. The van der Waals surface area contributed by atoms with Crippen LogP contribution in [0.25, 0.3) is 0 Å². The maximum absolute atomic E-state index is 12.1. The Kier molecular flexibility index (Phi) is 5.77. The number of aliphatic hydroxyl groups is 1. The van der Waals surface area contributed by atoms with E-state index in [1.807, 2.05) is 18.7 Å². The quantitative estimate of drug-likeness (QED) is 0.719. The van der Waals surface area contributed by atoms with Gasteiger partial charge in [0.15, 0.2) is 0 Å². The van der Waals surface area contributed by atoms with Gasteiger partial charge >= 0.3 is 0 Å². The van der Waals surface area contributed by atoms with Gasteiger partial charge in [-0.05, 0) is 25.3 Å². The average Bonchev–Trinajstić information content (AvgIpc) is 2.35. The zero-order chi connectivity index (χ0) is 12.0. The van der Waals surface area contributed by atoms with Crippen LogP contribution in [-0.4, -0.2) is 48.7 Å². The van der Waals surface area contributed by atoms with Gasteiger partial charge < -0.3 is 15.3 Å². The van der Waals surface area contributed by atoms with Gasteiger partial charge in [0.2, 0.25) is 5.91 Å². The second-order valence-corrected chi connectivity index (χ2v) is 4.68. The first-order chi connectivity index (χ1) is 7.69. The van der Waals surface area contributed by atoms with Gasteiger partial charge in [0.1, 0.15) is 0 Å². The number of nitrogens with zero attached hydrogens (tertiary/aromatic N) is 1. The predicted molar refractivity (Wildman–Crippen MR) is 64.1 cm³/mol. The highest BCUT2D eigenvalue weighted by Gasteiger charge is 2.25. The minimum atomic E-state index is 0.0393. The number of rotatable bonds is 5. The Morgan fingerprint density at radius 1 is 1.62 bits per heavy atom. The molecule has 1 amide bonds. The monoisotopic (exact) mass is 228 g/mol. The van der Waals surface area contributed by atoms with Crippen molar-refractivity contribution in [2.45, 2.75) is 26.7 Å². The molecular formula is C12H24N2O2. The average molecular weight is 228 g/mol. The minimum absolute atomic E-state index is 0.0393. The van der Waals surface area contributed by atoms with Crippen LogP contribution in [0.5, 0.6) is 0 Å². The van der Waals surface area contributed by atoms with Crippen molar-refractivity contribution in [2.75, 3.05) is 32.8 Å². The van der Waals surface area contributed by atoms with E-state index >= 15 is 0 Å². The van der Waals surface area contributed by atoms with E-state index in [1.165, 1.54) is 0 Å². The van der Waals surface area contributed by atoms with E-state index in [0.29, 0.717) is 0 Å². The lowest BCUT2D eigenvalue weighted by Gasteiger charge is -2.33. The van der Waals surface area contributed by atoms with E-state index in [-0.39, 0.29) is 24.3 Å². The number of nitrogens with one attached hydrogen (secondary N) is 1. The number of carbonyl (C=O) groups is 1. The summed E-state index contributed by atoms with van der Waals surface area (Å²) in [6, 6.07) is 0. The molecule has 0 aromatic heterocycles. The van der Waals surface area contributed by atoms with Crippen molar-refractivity contribution < 1.29 is 9.90 Å². The Morgan fingerprint density at radius 2 is 2.38 bits per heavy atom. The van der Waals surface area contributed by atoms with Crippen molar-refractivity contribution in [3.8, 4) is 0 Å². The highest BCUT2D eigenvalue weighted by Crippen LogP contribution is 2.17. The molecule has 94 valence electrons. The molecule has 0 radical (unpaired) electrons. The van der Waals surface area contributed by atoms with Crippen molar-refractivity contribution >= 4 is 5.91 Å². The van der Waals surface area contributed by atoms with E-state index in [2.05, 4.69) is 5.32 Å². The van der Waals surface area contributed by atoms with E-state index in [4.69, 9.17) is 5.11 Å². The lowest BCUT2D eigenvalue weighted by atomic mass is 9.97. The molecule has 0 saturated carbocycles. The van der Waals surface area contributed by atoms with Gasteiger partial charge in [-0.3, -0.25) is 4.79 Å². The van der Waals surface area contributed by atoms with Crippen LogP contribution in [-0.2, 0) is 4.79 Å². The van der Waals surface area contributed by atoms with E-state index < -0.39 is 0 Å². The summed E-state index contributed by atoms with van der Waals surface area (Å²) in [5, 5.41) is 12.3. The van der Waals surface area contributed by atoms with Crippen LogP contribution in [0.2, 0.25) is 0 Å². The number of likely N-dealkylation sites (tertiary alicyclic amines) is 1. The van der Waals surface area contributed by atoms with Crippen LogP contribution in [0, 0.1) is 11.8 Å². The summed E-state index contributed by atoms with van der Waals surface area (Å²) in [6.07, 6.45) is 2.06. The molecule has 4 nitrogen and oxygen atoms in total. The Labute approximate surface area is 98.0 Å². The topological polar surface area (TPSA) is 52.6 Å². The van der Waals surface area contributed by atoms with Gasteiger partial charge in [-0.25, -0.2) is 0 Å². The molecule has 0 bridgehead atoms. The fourth-order valence-corrected chi connectivity index (χ4v) is 2.17. The van der Waals surface area contributed by atoms with E-state index in [0.717, 1.165) is 39.0 Å². The van der Waals surface area contributed by atoms with Crippen molar-refractivity contribution in [3.63, 3.8) is 0 Å². The number of hydrogen-bond acceptors (Lipinski definition) is 3. The molecule has 1 fully saturated rings. The van der Waals surface area contributed by atoms with Crippen molar-refractivity contribution in [1.82, 2.24) is 10.2 Å². The maximum atomic E-state index is 12.1. The summed E-state index contributed by atoms with van der Waals surface area (Å²) in [6.45, 7) is 7.43. The van der Waals surface area contributed by atoms with Crippen LogP contribution in [0.4, 0.5) is 0 Å². The smallest absolute Gasteiger partial charge is 0.226 e. The molecule has 2 atom stereocenters. The second kappa shape index (κ2) is 6.86. The number of aliphatic hydroxyl groups excluding tert-OH is 1. The van der Waals surface area contributed by atoms with Crippen LogP contribution in [0.1, 0.15) is 26.7 Å². The van der Waals surface area contributed by atoms with Crippen LogP contribution < -0.4 is 5.32 Å². The molecule has 1 rings (SSSR count). The number of carbonyl (C=O) groups excluding carboxylic acids is 1. The van der Waals surface area contributed by atoms with Gasteiger partial charge in [-0.2, -0.15) is 0 Å². The molecule has 1 saturated heterocycles. The summed E-state index contributed by atoms with van der Waals surface area (Å²) in [4.78, 5) is 14.0. The first-order valence-electron chi connectivity index (χ1n) is 6.29. The molecule has 0 aromatic carbocycles. The first-order valence-corrected chi connectivity index (χ1v) is 6.29. The normalized spacial score (nSPS) is 23.2. The lowest BCUT2D eigenvalue weighted by molar-refractivity contribution is -0.137. The predicted octanol–water partition coefficient (Wildman–Crippen LogP) is 0.463. The molecule has 16 heavy (non-hydrogen) atoms. The molecule has 2 N–H and O–H groups in total. The van der Waals surface area contributed by atoms with E-state index in [1.54, 1.807) is 0 Å². The molecule has 4 heteroatoms. The highest BCUT2D eigenvalue weighted by molar-refractivity contribution is 5.78. The van der Waals surface area contributed by atoms with Crippen LogP contribution in [0.3, 0.4) is 0 Å². The van der Waals surface area contributed by atoms with Gasteiger partial charge in [0.25, 0.3) is 0 Å². The van der Waals surface area contributed by atoms with Crippen molar-refractivity contribution in [2.24, 2.45) is 11.8 Å². The fourth-order valence-electron chi connectivity index (χ4n) is 2.17. The third kappa shape index (κ3) is 3.76. The molecule has 1 heterocycles. The summed E-state index contributed by atoms with van der Waals surface area (Å²) >= 11 is 0. The largest absolute Gasteiger partial charge is 0.396 e. The SMILES string of the molecule is CCNCC(C)C(=O)N1CCCC(CO)C1. The summed E-state index contributed by atoms with van der Waals surface area (Å²) in [7, 11) is 0. The van der Waals surface area contributed by atoms with E-state index in [9.17, 15) is 4.79 Å². The van der Waals surface area contributed by atoms with Crippen LogP contribution in [0.15, 0.2) is 0 Å². The summed E-state index contributed by atoms with van der Waals surface area (Å²) < 4.78 is 0. The van der Waals surface area contributed by atoms with Gasteiger partial charge in [-0.15, -0.1) is 0 Å². The Morgan fingerprint density at radius 3 is 3.00 bits per heavy atom. The highest BCUT2D eigenvalue weighted by atomic mass is 16.3. The number of piperidine rings is 1. The van der Waals surface area contributed by atoms with Crippen LogP contribution >= 0.6 is 0 Å². The zero-order valence-electron chi connectivity index (χ0n) is 10.4. The van der Waals surface area contributed by atoms with Gasteiger partial charge in [-0.1, -0.05) is 13.8 Å². The molecule has 1 aliphatic heterocycles. The molecule has 0 spiro atoms. The van der Waals surface area contributed by atoms with Crippen molar-refractivity contribution in [1.29, 1.82) is 0 Å². The Bertz CT molecular complexity index is 221. The number of hydrogen-bond donors (Lipinski definition) is 2. The minimum Gasteiger partial charge on any atom is -0.396 e. The third-order valence-electron chi connectivity index (χ3n) is 3.21. The second-order valence-electron chi connectivity index (χ2n) is 4.68. The third-order valence-corrected chi connectivity index (χ3v) is 3.21. The fraction of sp³-hybridized carbons (Fsp3) is 0.917. The zero-order valence-corrected chi connectivity index (χ0v) is 10.4. The number of amides is 1. The van der Waals surface area contributed by atoms with Crippen molar-refractivity contribution in [3.05, 3.63) is 0 Å². The summed E-state index contributed by atoms with van der Waals surface area (Å²) in [5.41, 5.74) is 0.